The summed E-state index contributed by atoms with van der Waals surface area (Å²) in [4.78, 5) is 2.38. The Morgan fingerprint density at radius 2 is 2.00 bits per heavy atom. The van der Waals surface area contributed by atoms with Crippen molar-refractivity contribution >= 4 is 0 Å². The van der Waals surface area contributed by atoms with E-state index in [0.29, 0.717) is 12.5 Å². The second kappa shape index (κ2) is 6.72. The van der Waals surface area contributed by atoms with Crippen LogP contribution in [0.4, 0.5) is 0 Å². The van der Waals surface area contributed by atoms with E-state index in [1.807, 2.05) is 11.7 Å². The van der Waals surface area contributed by atoms with Gasteiger partial charge in [-0.2, -0.15) is 5.10 Å². The van der Waals surface area contributed by atoms with Gasteiger partial charge in [-0.25, -0.2) is 0 Å². The zero-order chi connectivity index (χ0) is 15.5. The summed E-state index contributed by atoms with van der Waals surface area (Å²) in [6, 6.07) is 0.243. The van der Waals surface area contributed by atoms with Crippen molar-refractivity contribution in [2.24, 2.45) is 18.7 Å². The summed E-state index contributed by atoms with van der Waals surface area (Å²) < 4.78 is 1.91. The van der Waals surface area contributed by atoms with E-state index in [2.05, 4.69) is 57.9 Å². The number of likely N-dealkylation sites (N-methyl/N-ethyl adjacent to an activating group) is 1. The Morgan fingerprint density at radius 1 is 1.40 bits per heavy atom. The van der Waals surface area contributed by atoms with E-state index in [1.165, 1.54) is 12.0 Å². The summed E-state index contributed by atoms with van der Waals surface area (Å²) in [6.07, 6.45) is 3.33. The van der Waals surface area contributed by atoms with Gasteiger partial charge in [0.15, 0.2) is 0 Å². The van der Waals surface area contributed by atoms with E-state index in [0.717, 1.165) is 12.2 Å². The molecule has 1 rings (SSSR count). The molecular formula is C16H32N4. The zero-order valence-electron chi connectivity index (χ0n) is 14.3. The van der Waals surface area contributed by atoms with Crippen molar-refractivity contribution in [3.8, 4) is 0 Å². The van der Waals surface area contributed by atoms with Gasteiger partial charge < -0.3 is 5.73 Å². The summed E-state index contributed by atoms with van der Waals surface area (Å²) in [5, 5.41) is 4.67. The number of aromatic nitrogens is 2. The second-order valence-electron chi connectivity index (χ2n) is 7.06. The lowest BCUT2D eigenvalue weighted by Crippen LogP contribution is -2.34. The monoisotopic (exact) mass is 280 g/mol. The molecule has 0 amide bonds. The molecule has 0 aliphatic rings. The van der Waals surface area contributed by atoms with Gasteiger partial charge in [0.1, 0.15) is 0 Å². The zero-order valence-corrected chi connectivity index (χ0v) is 14.3. The van der Waals surface area contributed by atoms with Crippen molar-refractivity contribution in [3.63, 3.8) is 0 Å². The first-order valence-electron chi connectivity index (χ1n) is 7.65. The van der Waals surface area contributed by atoms with E-state index in [1.54, 1.807) is 0 Å². The molecule has 4 nitrogen and oxygen atoms in total. The van der Waals surface area contributed by atoms with Crippen LogP contribution in [0.25, 0.3) is 0 Å². The molecule has 20 heavy (non-hydrogen) atoms. The van der Waals surface area contributed by atoms with Crippen LogP contribution in [0.1, 0.15) is 58.3 Å². The van der Waals surface area contributed by atoms with Crippen LogP contribution in [0.3, 0.4) is 0 Å². The van der Waals surface area contributed by atoms with E-state index >= 15 is 0 Å². The Labute approximate surface area is 124 Å². The fourth-order valence-corrected chi connectivity index (χ4v) is 2.63. The largest absolute Gasteiger partial charge is 0.329 e. The standard InChI is InChI=1S/C16H32N4/c1-8-12(2)10-19(6)14(9-17)13-11-20(7)18-15(13)16(3,4)5/h11-12,14H,8-10,17H2,1-7H3. The summed E-state index contributed by atoms with van der Waals surface area (Å²) in [5.41, 5.74) is 8.54. The lowest BCUT2D eigenvalue weighted by molar-refractivity contribution is 0.213. The maximum Gasteiger partial charge on any atom is 0.0726 e. The number of rotatable bonds is 6. The molecule has 0 radical (unpaired) electrons. The van der Waals surface area contributed by atoms with Crippen LogP contribution < -0.4 is 5.73 Å². The minimum Gasteiger partial charge on any atom is -0.329 e. The third-order valence-corrected chi connectivity index (χ3v) is 3.98. The SMILES string of the molecule is CCC(C)CN(C)C(CN)c1cn(C)nc1C(C)(C)C. The number of aryl methyl sites for hydroxylation is 1. The van der Waals surface area contributed by atoms with Gasteiger partial charge in [-0.1, -0.05) is 41.0 Å². The topological polar surface area (TPSA) is 47.1 Å². The number of nitrogens with zero attached hydrogens (tertiary/aromatic N) is 3. The highest BCUT2D eigenvalue weighted by atomic mass is 15.3. The van der Waals surface area contributed by atoms with Crippen LogP contribution in [0.2, 0.25) is 0 Å². The van der Waals surface area contributed by atoms with E-state index < -0.39 is 0 Å². The third kappa shape index (κ3) is 4.06. The van der Waals surface area contributed by atoms with E-state index in [9.17, 15) is 0 Å². The molecule has 0 aliphatic heterocycles. The van der Waals surface area contributed by atoms with Crippen molar-refractivity contribution in [3.05, 3.63) is 17.5 Å². The van der Waals surface area contributed by atoms with Crippen LogP contribution in [-0.2, 0) is 12.5 Å². The van der Waals surface area contributed by atoms with E-state index in [4.69, 9.17) is 5.73 Å². The molecule has 2 atom stereocenters. The third-order valence-electron chi connectivity index (χ3n) is 3.98. The molecule has 0 saturated heterocycles. The molecule has 0 fully saturated rings. The number of hydrogen-bond donors (Lipinski definition) is 1. The normalized spacial score (nSPS) is 15.7. The van der Waals surface area contributed by atoms with E-state index in [-0.39, 0.29) is 11.5 Å². The Balaban J connectivity index is 3.06. The molecule has 0 bridgehead atoms. The minimum atomic E-state index is 0.0429. The molecule has 1 aromatic heterocycles. The Hall–Kier alpha value is -0.870. The maximum absolute atomic E-state index is 6.07. The first kappa shape index (κ1) is 17.2. The Morgan fingerprint density at radius 3 is 2.45 bits per heavy atom. The van der Waals surface area contributed by atoms with Crippen molar-refractivity contribution in [1.82, 2.24) is 14.7 Å². The average molecular weight is 280 g/mol. The van der Waals surface area contributed by atoms with Gasteiger partial charge in [-0.15, -0.1) is 0 Å². The molecule has 0 spiro atoms. The number of nitrogens with two attached hydrogens (primary N) is 1. The van der Waals surface area contributed by atoms with Gasteiger partial charge in [0.2, 0.25) is 0 Å². The molecule has 1 aromatic rings. The van der Waals surface area contributed by atoms with Gasteiger partial charge in [0.25, 0.3) is 0 Å². The van der Waals surface area contributed by atoms with Crippen molar-refractivity contribution < 1.29 is 0 Å². The Kier molecular flexibility index (Phi) is 5.78. The van der Waals surface area contributed by atoms with Crippen LogP contribution in [0, 0.1) is 5.92 Å². The molecule has 4 heteroatoms. The Bertz CT molecular complexity index is 417. The summed E-state index contributed by atoms with van der Waals surface area (Å²) >= 11 is 0. The van der Waals surface area contributed by atoms with Crippen molar-refractivity contribution in [2.45, 2.75) is 52.5 Å². The molecule has 2 N–H and O–H groups in total. The molecule has 1 heterocycles. The maximum atomic E-state index is 6.07. The predicted molar refractivity (Wildman–Crippen MR) is 85.8 cm³/mol. The molecular weight excluding hydrogens is 248 g/mol. The smallest absolute Gasteiger partial charge is 0.0726 e. The molecule has 0 aliphatic carbocycles. The van der Waals surface area contributed by atoms with Gasteiger partial charge in [0.05, 0.1) is 11.7 Å². The average Bonchev–Trinajstić information content (AvgIpc) is 2.71. The van der Waals surface area contributed by atoms with Crippen LogP contribution in [-0.4, -0.2) is 34.8 Å². The first-order valence-corrected chi connectivity index (χ1v) is 7.65. The molecule has 0 saturated carbocycles. The summed E-state index contributed by atoms with van der Waals surface area (Å²) in [7, 11) is 4.16. The summed E-state index contributed by atoms with van der Waals surface area (Å²) in [5.74, 6) is 0.684. The van der Waals surface area contributed by atoms with Gasteiger partial charge in [0, 0.05) is 37.3 Å². The lowest BCUT2D eigenvalue weighted by atomic mass is 9.87. The van der Waals surface area contributed by atoms with Crippen molar-refractivity contribution in [2.75, 3.05) is 20.1 Å². The van der Waals surface area contributed by atoms with Crippen molar-refractivity contribution in [1.29, 1.82) is 0 Å². The highest BCUT2D eigenvalue weighted by Crippen LogP contribution is 2.30. The fraction of sp³-hybridized carbons (Fsp3) is 0.812. The predicted octanol–water partition coefficient (Wildman–Crippen LogP) is 2.70. The first-order chi connectivity index (χ1) is 9.20. The minimum absolute atomic E-state index is 0.0429. The quantitative estimate of drug-likeness (QED) is 0.871. The molecule has 116 valence electrons. The highest BCUT2D eigenvalue weighted by Gasteiger charge is 2.28. The summed E-state index contributed by atoms with van der Waals surface area (Å²) in [6.45, 7) is 12.8. The van der Waals surface area contributed by atoms with Crippen LogP contribution in [0.15, 0.2) is 6.20 Å². The lowest BCUT2D eigenvalue weighted by Gasteiger charge is -2.31. The van der Waals surface area contributed by atoms with Crippen LogP contribution >= 0.6 is 0 Å². The van der Waals surface area contributed by atoms with Crippen LogP contribution in [0.5, 0.6) is 0 Å². The second-order valence-corrected chi connectivity index (χ2v) is 7.06. The molecule has 2 unspecified atom stereocenters. The highest BCUT2D eigenvalue weighted by molar-refractivity contribution is 5.27. The number of hydrogen-bond acceptors (Lipinski definition) is 3. The van der Waals surface area contributed by atoms with Gasteiger partial charge in [-0.3, -0.25) is 9.58 Å². The fourth-order valence-electron chi connectivity index (χ4n) is 2.63. The molecule has 0 aromatic carbocycles. The van der Waals surface area contributed by atoms with Gasteiger partial charge >= 0.3 is 0 Å². The van der Waals surface area contributed by atoms with Gasteiger partial charge in [-0.05, 0) is 13.0 Å².